The molecular formula is C14H22N4. The van der Waals surface area contributed by atoms with Gasteiger partial charge in [-0.15, -0.1) is 0 Å². The summed E-state index contributed by atoms with van der Waals surface area (Å²) >= 11 is 0. The SMILES string of the molecule is CCCN(CCN(C)C)c1cccc(C#N)c1N. The van der Waals surface area contributed by atoms with Crippen LogP contribution in [0.15, 0.2) is 18.2 Å². The zero-order valence-electron chi connectivity index (χ0n) is 11.5. The molecule has 18 heavy (non-hydrogen) atoms. The first-order valence-corrected chi connectivity index (χ1v) is 6.28. The summed E-state index contributed by atoms with van der Waals surface area (Å²) in [6, 6.07) is 7.77. The number of rotatable bonds is 6. The van der Waals surface area contributed by atoms with Gasteiger partial charge >= 0.3 is 0 Å². The van der Waals surface area contributed by atoms with Gasteiger partial charge in [0.2, 0.25) is 0 Å². The summed E-state index contributed by atoms with van der Waals surface area (Å²) in [4.78, 5) is 4.39. The number of likely N-dealkylation sites (N-methyl/N-ethyl adjacent to an activating group) is 1. The van der Waals surface area contributed by atoms with Crippen LogP contribution in [0.3, 0.4) is 0 Å². The largest absolute Gasteiger partial charge is 0.396 e. The van der Waals surface area contributed by atoms with Crippen LogP contribution in [0.1, 0.15) is 18.9 Å². The molecule has 0 spiro atoms. The first-order chi connectivity index (χ1) is 8.60. The second-order valence-corrected chi connectivity index (χ2v) is 4.64. The van der Waals surface area contributed by atoms with E-state index in [1.807, 2.05) is 12.1 Å². The Hall–Kier alpha value is -1.73. The van der Waals surface area contributed by atoms with E-state index in [1.54, 1.807) is 6.07 Å². The van der Waals surface area contributed by atoms with Gasteiger partial charge in [0.05, 0.1) is 16.9 Å². The van der Waals surface area contributed by atoms with Gasteiger partial charge < -0.3 is 15.5 Å². The third-order valence-corrected chi connectivity index (χ3v) is 2.85. The highest BCUT2D eigenvalue weighted by Gasteiger charge is 2.11. The van der Waals surface area contributed by atoms with Gasteiger partial charge in [-0.3, -0.25) is 0 Å². The quantitative estimate of drug-likeness (QED) is 0.779. The molecule has 0 fully saturated rings. The predicted molar refractivity (Wildman–Crippen MR) is 76.6 cm³/mol. The van der Waals surface area contributed by atoms with Crippen molar-refractivity contribution < 1.29 is 0 Å². The van der Waals surface area contributed by atoms with Crippen molar-refractivity contribution in [1.82, 2.24) is 4.90 Å². The minimum absolute atomic E-state index is 0.554. The van der Waals surface area contributed by atoms with Gasteiger partial charge in [-0.1, -0.05) is 13.0 Å². The fraction of sp³-hybridized carbons (Fsp3) is 0.500. The number of nitrogens with two attached hydrogens (primary N) is 1. The standard InChI is InChI=1S/C14H22N4/c1-4-8-18(10-9-17(2)3)13-7-5-6-12(11-15)14(13)16/h5-7H,4,8-10,16H2,1-3H3. The minimum atomic E-state index is 0.554. The van der Waals surface area contributed by atoms with Gasteiger partial charge in [0.25, 0.3) is 0 Å². The molecule has 0 atom stereocenters. The van der Waals surface area contributed by atoms with Crippen LogP contribution in [-0.4, -0.2) is 38.6 Å². The molecule has 0 unspecified atom stereocenters. The lowest BCUT2D eigenvalue weighted by Gasteiger charge is -2.27. The maximum atomic E-state index is 9.02. The van der Waals surface area contributed by atoms with E-state index < -0.39 is 0 Å². The number of nitrogens with zero attached hydrogens (tertiary/aromatic N) is 3. The van der Waals surface area contributed by atoms with Crippen LogP contribution < -0.4 is 10.6 Å². The van der Waals surface area contributed by atoms with Gasteiger partial charge in [-0.2, -0.15) is 5.26 Å². The van der Waals surface area contributed by atoms with Crippen LogP contribution in [-0.2, 0) is 0 Å². The second-order valence-electron chi connectivity index (χ2n) is 4.64. The fourth-order valence-corrected chi connectivity index (χ4v) is 1.87. The summed E-state index contributed by atoms with van der Waals surface area (Å²) in [6.07, 6.45) is 1.06. The highest BCUT2D eigenvalue weighted by Crippen LogP contribution is 2.26. The Morgan fingerprint density at radius 3 is 2.50 bits per heavy atom. The normalized spacial score (nSPS) is 10.4. The Bertz CT molecular complexity index is 420. The van der Waals surface area contributed by atoms with Crippen LogP contribution in [0.25, 0.3) is 0 Å². The fourth-order valence-electron chi connectivity index (χ4n) is 1.87. The molecular weight excluding hydrogens is 224 g/mol. The minimum Gasteiger partial charge on any atom is -0.396 e. The summed E-state index contributed by atoms with van der Waals surface area (Å²) in [5.41, 5.74) is 8.17. The topological polar surface area (TPSA) is 56.3 Å². The summed E-state index contributed by atoms with van der Waals surface area (Å²) < 4.78 is 0. The Balaban J connectivity index is 2.95. The van der Waals surface area contributed by atoms with Crippen LogP contribution in [0.2, 0.25) is 0 Å². The van der Waals surface area contributed by atoms with E-state index in [0.29, 0.717) is 11.3 Å². The van der Waals surface area contributed by atoms with Crippen molar-refractivity contribution in [1.29, 1.82) is 5.26 Å². The molecule has 2 N–H and O–H groups in total. The van der Waals surface area contributed by atoms with Crippen LogP contribution >= 0.6 is 0 Å². The Kier molecular flexibility index (Phi) is 5.47. The van der Waals surface area contributed by atoms with Crippen molar-refractivity contribution in [2.24, 2.45) is 0 Å². The molecule has 0 saturated carbocycles. The summed E-state index contributed by atoms with van der Waals surface area (Å²) in [7, 11) is 4.11. The zero-order chi connectivity index (χ0) is 13.5. The van der Waals surface area contributed by atoms with Gasteiger partial charge in [0.1, 0.15) is 6.07 Å². The van der Waals surface area contributed by atoms with Crippen LogP contribution in [0.5, 0.6) is 0 Å². The Morgan fingerprint density at radius 2 is 1.94 bits per heavy atom. The smallest absolute Gasteiger partial charge is 0.101 e. The van der Waals surface area contributed by atoms with Crippen molar-refractivity contribution in [3.8, 4) is 6.07 Å². The molecule has 0 saturated heterocycles. The molecule has 98 valence electrons. The molecule has 0 aliphatic carbocycles. The molecule has 1 rings (SSSR count). The molecule has 0 bridgehead atoms. The third kappa shape index (κ3) is 3.64. The molecule has 4 heteroatoms. The number of nitriles is 1. The van der Waals surface area contributed by atoms with Crippen molar-refractivity contribution >= 4 is 11.4 Å². The molecule has 0 aliphatic rings. The average Bonchev–Trinajstić information content (AvgIpc) is 2.35. The van der Waals surface area contributed by atoms with Gasteiger partial charge in [-0.05, 0) is 32.6 Å². The van der Waals surface area contributed by atoms with E-state index in [0.717, 1.165) is 31.7 Å². The Labute approximate surface area is 110 Å². The number of hydrogen-bond acceptors (Lipinski definition) is 4. The van der Waals surface area contributed by atoms with Crippen molar-refractivity contribution in [2.75, 3.05) is 44.4 Å². The van der Waals surface area contributed by atoms with Crippen LogP contribution in [0, 0.1) is 11.3 Å². The second kappa shape index (κ2) is 6.87. The van der Waals surface area contributed by atoms with Crippen molar-refractivity contribution in [3.63, 3.8) is 0 Å². The van der Waals surface area contributed by atoms with Crippen molar-refractivity contribution in [2.45, 2.75) is 13.3 Å². The van der Waals surface area contributed by atoms with Gasteiger partial charge in [-0.25, -0.2) is 0 Å². The van der Waals surface area contributed by atoms with Gasteiger partial charge in [0, 0.05) is 19.6 Å². The number of para-hydroxylation sites is 1. The summed E-state index contributed by atoms with van der Waals surface area (Å²) in [5.74, 6) is 0. The van der Waals surface area contributed by atoms with Crippen LogP contribution in [0.4, 0.5) is 11.4 Å². The predicted octanol–water partition coefficient (Wildman–Crippen LogP) is 1.92. The monoisotopic (exact) mass is 246 g/mol. The first-order valence-electron chi connectivity index (χ1n) is 6.28. The average molecular weight is 246 g/mol. The number of nitrogen functional groups attached to an aromatic ring is 1. The van der Waals surface area contributed by atoms with E-state index in [2.05, 4.69) is 36.9 Å². The molecule has 0 aliphatic heterocycles. The molecule has 4 nitrogen and oxygen atoms in total. The highest BCUT2D eigenvalue weighted by atomic mass is 15.2. The summed E-state index contributed by atoms with van der Waals surface area (Å²) in [5, 5.41) is 9.02. The number of benzene rings is 1. The van der Waals surface area contributed by atoms with E-state index >= 15 is 0 Å². The number of hydrogen-bond donors (Lipinski definition) is 1. The maximum Gasteiger partial charge on any atom is 0.101 e. The third-order valence-electron chi connectivity index (χ3n) is 2.85. The lowest BCUT2D eigenvalue weighted by molar-refractivity contribution is 0.413. The van der Waals surface area contributed by atoms with E-state index in [-0.39, 0.29) is 0 Å². The van der Waals surface area contributed by atoms with Crippen molar-refractivity contribution in [3.05, 3.63) is 23.8 Å². The molecule has 0 amide bonds. The molecule has 0 aromatic heterocycles. The van der Waals surface area contributed by atoms with E-state index in [1.165, 1.54) is 0 Å². The molecule has 0 heterocycles. The lowest BCUT2D eigenvalue weighted by atomic mass is 10.1. The van der Waals surface area contributed by atoms with E-state index in [4.69, 9.17) is 11.0 Å². The Morgan fingerprint density at radius 1 is 1.22 bits per heavy atom. The molecule has 0 radical (unpaired) electrons. The lowest BCUT2D eigenvalue weighted by Crippen LogP contribution is -2.32. The first kappa shape index (κ1) is 14.3. The molecule has 1 aromatic rings. The zero-order valence-corrected chi connectivity index (χ0v) is 11.5. The maximum absolute atomic E-state index is 9.02. The molecule has 1 aromatic carbocycles. The van der Waals surface area contributed by atoms with Gasteiger partial charge in [0.15, 0.2) is 0 Å². The van der Waals surface area contributed by atoms with E-state index in [9.17, 15) is 0 Å². The number of anilines is 2. The highest BCUT2D eigenvalue weighted by molar-refractivity contribution is 5.73. The summed E-state index contributed by atoms with van der Waals surface area (Å²) in [6.45, 7) is 4.98.